The van der Waals surface area contributed by atoms with Crippen molar-refractivity contribution in [3.05, 3.63) is 35.9 Å². The number of esters is 1. The molecular weight excluding hydrogens is 573 g/mol. The van der Waals surface area contributed by atoms with Crippen LogP contribution in [-0.4, -0.2) is 46.1 Å². The van der Waals surface area contributed by atoms with E-state index in [0.29, 0.717) is 5.75 Å². The molecule has 0 spiro atoms. The van der Waals surface area contributed by atoms with Gasteiger partial charge in [-0.15, -0.1) is 0 Å². The second-order valence-corrected chi connectivity index (χ2v) is 7.38. The van der Waals surface area contributed by atoms with Crippen molar-refractivity contribution in [1.29, 1.82) is 0 Å². The summed E-state index contributed by atoms with van der Waals surface area (Å²) in [7, 11) is -1.40. The molecule has 0 saturated carbocycles. The van der Waals surface area contributed by atoms with E-state index in [4.69, 9.17) is 4.74 Å². The van der Waals surface area contributed by atoms with Crippen LogP contribution in [0.1, 0.15) is 26.3 Å². The van der Waals surface area contributed by atoms with Crippen LogP contribution in [0.3, 0.4) is 0 Å². The summed E-state index contributed by atoms with van der Waals surface area (Å²) in [5.41, 5.74) is 0.313. The molecule has 1 N–H and O–H groups in total. The average molecular weight is 596 g/mol. The third-order valence-electron chi connectivity index (χ3n) is 2.70. The predicted octanol–water partition coefficient (Wildman–Crippen LogP) is 1.15. The first kappa shape index (κ1) is 21.3. The Morgan fingerprint density at radius 2 is 1.92 bits per heavy atom. The number of hydrogen-bond acceptors (Lipinski definition) is 4. The van der Waals surface area contributed by atoms with E-state index in [1.807, 2.05) is 30.3 Å². The van der Waals surface area contributed by atoms with Crippen LogP contribution >= 0.6 is 0 Å². The van der Waals surface area contributed by atoms with Gasteiger partial charge in [0, 0.05) is 6.54 Å². The number of carbonyl (C=O) groups is 1. The molecule has 8 heteroatoms. The molecule has 1 aromatic rings. The molecule has 0 bridgehead atoms. The molecule has 24 heavy (non-hydrogen) atoms. The Balaban J connectivity index is 0.00000529. The third kappa shape index (κ3) is 8.65. The maximum atomic E-state index is 12.5. The van der Waals surface area contributed by atoms with Crippen LogP contribution in [0.15, 0.2) is 30.3 Å². The van der Waals surface area contributed by atoms with Gasteiger partial charge in [0.25, 0.3) is 0 Å². The van der Waals surface area contributed by atoms with E-state index in [1.165, 1.54) is 4.31 Å². The molecule has 0 aromatic heterocycles. The topological polar surface area (TPSA) is 75.7 Å². The summed E-state index contributed by atoms with van der Waals surface area (Å²) in [6.07, 6.45) is 1.56. The molecule has 1 amide bonds. The van der Waals surface area contributed by atoms with Gasteiger partial charge in [-0.2, -0.15) is 6.41 Å². The molecule has 1 unspecified atom stereocenters. The smallest absolute Gasteiger partial charge is 0.321 e. The van der Waals surface area contributed by atoms with E-state index in [-0.39, 0.29) is 19.6 Å². The Morgan fingerprint density at radius 1 is 1.29 bits per heavy atom. The minimum absolute atomic E-state index is 0. The predicted molar refractivity (Wildman–Crippen MR) is 89.4 cm³/mol. The monoisotopic (exact) mass is 596 g/mol. The Labute approximate surface area is 139 Å². The first-order chi connectivity index (χ1) is 10.8. The van der Waals surface area contributed by atoms with Crippen LogP contribution in [0.4, 0.5) is 0 Å². The minimum atomic E-state index is -1.40. The Kier molecular flexibility index (Phi) is 8.97. The number of rotatable bonds is 9. The fourth-order valence-electron chi connectivity index (χ4n) is 1.81. The summed E-state index contributed by atoms with van der Waals surface area (Å²) < 4.78 is 19.3. The van der Waals surface area contributed by atoms with Crippen LogP contribution in [0.25, 0.3) is 0 Å². The van der Waals surface area contributed by atoms with Crippen molar-refractivity contribution in [2.45, 2.75) is 32.1 Å². The molecule has 0 fully saturated rings. The van der Waals surface area contributed by atoms with E-state index in [9.17, 15) is 13.8 Å². The summed E-state index contributed by atoms with van der Waals surface area (Å²) in [5.74, 6) is -0.150. The number of ether oxygens (including phenoxy) is 1. The van der Waals surface area contributed by atoms with Gasteiger partial charge in [-0.1, -0.05) is 30.3 Å². The Morgan fingerprint density at radius 3 is 2.46 bits per heavy atom. The molecule has 1 aromatic carbocycles. The molecule has 0 aliphatic rings. The van der Waals surface area contributed by atoms with Crippen molar-refractivity contribution in [1.82, 2.24) is 9.62 Å². The fourth-order valence-corrected chi connectivity index (χ4v) is 3.01. The quantitative estimate of drug-likeness (QED) is 0.201. The van der Waals surface area contributed by atoms with Crippen molar-refractivity contribution < 1.29 is 18.5 Å². The van der Waals surface area contributed by atoms with Crippen molar-refractivity contribution in [3.8, 4) is 0 Å². The Hall–Kier alpha value is -2.73. The first-order valence-corrected chi connectivity index (χ1v) is 8.58. The number of hydrogen-bond donors (Lipinski definition) is 1. The molecular formula is C16H23FmN2O4S-. The van der Waals surface area contributed by atoms with Gasteiger partial charge in [0.1, 0.15) is 12.1 Å². The summed E-state index contributed by atoms with van der Waals surface area (Å²) in [5, 5.41) is 2.39. The molecule has 0 saturated heterocycles. The van der Waals surface area contributed by atoms with Crippen LogP contribution in [0.5, 0.6) is 0 Å². The number of benzene rings is 1. The van der Waals surface area contributed by atoms with Gasteiger partial charge < -0.3 is 14.8 Å². The van der Waals surface area contributed by atoms with Gasteiger partial charge >= 0.3 is 5.97 Å². The van der Waals surface area contributed by atoms with E-state index in [1.54, 1.807) is 27.2 Å². The molecule has 1 rings (SSSR count). The van der Waals surface area contributed by atoms with Crippen LogP contribution < -0.4 is 5.32 Å². The molecule has 1 atom stereocenters. The second kappa shape index (κ2) is 10.1. The molecule has 0 aliphatic heterocycles. The van der Waals surface area contributed by atoms with Crippen LogP contribution in [-0.2, 0) is 31.1 Å². The summed E-state index contributed by atoms with van der Waals surface area (Å²) in [6.45, 7) is 5.76. The maximum absolute atomic E-state index is 12.5. The Bertz CT molecular complexity index is 535. The minimum Gasteiger partial charge on any atom is -0.529 e. The number of carbonyl (C=O) groups excluding carboxylic acids is 2. The summed E-state index contributed by atoms with van der Waals surface area (Å²) in [6, 6.07) is 9.37. The summed E-state index contributed by atoms with van der Waals surface area (Å²) >= 11 is 0. The maximum Gasteiger partial charge on any atom is 0.321 e. The van der Waals surface area contributed by atoms with E-state index in [0.717, 1.165) is 5.56 Å². The number of nitrogens with one attached hydrogen (secondary N) is 1. The van der Waals surface area contributed by atoms with Crippen molar-refractivity contribution in [2.75, 3.05) is 19.6 Å². The normalized spacial score (nSPS) is 12.2. The molecule has 140 valence electrons. The van der Waals surface area contributed by atoms with Crippen LogP contribution in [0, 0.1) is 0 Å². The zero-order chi connectivity index (χ0) is 17.3. The number of amides is 1. The van der Waals surface area contributed by atoms with Crippen molar-refractivity contribution in [3.63, 3.8) is 0 Å². The zero-order valence-electron chi connectivity index (χ0n) is 14.0. The van der Waals surface area contributed by atoms with Gasteiger partial charge in [0.15, 0.2) is 0 Å². The van der Waals surface area contributed by atoms with Crippen LogP contribution in [0.2, 0.25) is 0 Å². The van der Waals surface area contributed by atoms with Gasteiger partial charge in [-0.05, 0) is 32.9 Å². The zero-order valence-corrected chi connectivity index (χ0v) is 17.2. The standard InChI is InChI=1S/C16H23N2O4S.Fm/c1-16(2,3)22-15(20)11-18(10-9-17-13-19)23(21)12-14-7-5-4-6-8-14;/h4-8H,9-12H2,1-3H3,(H,17,19);/q-1;. The van der Waals surface area contributed by atoms with Gasteiger partial charge in [-0.3, -0.25) is 4.79 Å². The van der Waals surface area contributed by atoms with E-state index in [2.05, 4.69) is 5.32 Å². The fraction of sp³-hybridized carbons (Fsp3) is 0.500. The van der Waals surface area contributed by atoms with Gasteiger partial charge in [0.05, 0.1) is 16.7 Å². The second-order valence-electron chi connectivity index (χ2n) is 5.93. The van der Waals surface area contributed by atoms with E-state index >= 15 is 0 Å². The summed E-state index contributed by atoms with van der Waals surface area (Å²) in [4.78, 5) is 22.2. The average Bonchev–Trinajstić information content (AvgIpc) is 2.45. The molecule has 0 radical (unpaired) electrons. The largest absolute Gasteiger partial charge is 0.529 e. The van der Waals surface area contributed by atoms with E-state index < -0.39 is 22.6 Å². The number of nitrogens with zero attached hydrogens (tertiary/aromatic N) is 1. The molecule has 0 aliphatic carbocycles. The SMILES string of the molecule is CC(C)(C)OC(=O)CN(CCN[C-]=O)S(=O)Cc1ccccc1.[Fm]. The van der Waals surface area contributed by atoms with Gasteiger partial charge in [0.2, 0.25) is 0 Å². The molecule has 0 heterocycles. The first-order valence-electron chi connectivity index (χ1n) is 7.31. The molecule has 6 nitrogen and oxygen atoms in total. The van der Waals surface area contributed by atoms with Gasteiger partial charge in [-0.25, -0.2) is 8.51 Å². The van der Waals surface area contributed by atoms with Crippen molar-refractivity contribution >= 4 is 23.4 Å². The third-order valence-corrected chi connectivity index (χ3v) is 4.17. The van der Waals surface area contributed by atoms with Crippen molar-refractivity contribution in [2.24, 2.45) is 0 Å².